The first-order valence-electron chi connectivity index (χ1n) is 8.27. The molecule has 6 heteroatoms. The van der Waals surface area contributed by atoms with Crippen molar-refractivity contribution in [2.24, 2.45) is 5.73 Å². The molecule has 0 unspecified atom stereocenters. The predicted molar refractivity (Wildman–Crippen MR) is 110 cm³/mol. The molecule has 0 saturated heterocycles. The number of hydrogen-bond donors (Lipinski definition) is 1. The average molecular weight is 392 g/mol. The van der Waals surface area contributed by atoms with Crippen molar-refractivity contribution in [2.75, 3.05) is 19.8 Å². The molecule has 0 saturated carbocycles. The molecule has 0 radical (unpaired) electrons. The average Bonchev–Trinajstić information content (AvgIpc) is 2.61. The van der Waals surface area contributed by atoms with Gasteiger partial charge in [0.15, 0.2) is 11.5 Å². The van der Waals surface area contributed by atoms with Crippen LogP contribution in [0.25, 0.3) is 0 Å². The second-order valence-electron chi connectivity index (χ2n) is 5.38. The van der Waals surface area contributed by atoms with Crippen LogP contribution in [0.3, 0.4) is 0 Å². The third-order valence-corrected chi connectivity index (χ3v) is 4.03. The van der Waals surface area contributed by atoms with Crippen molar-refractivity contribution in [1.82, 2.24) is 0 Å². The molecule has 0 spiro atoms. The molecule has 0 heterocycles. The minimum absolute atomic E-state index is 0.251. The van der Waals surface area contributed by atoms with Crippen molar-refractivity contribution in [1.29, 1.82) is 0 Å². The summed E-state index contributed by atoms with van der Waals surface area (Å²) >= 11 is 11.3. The van der Waals surface area contributed by atoms with Gasteiger partial charge in [0.2, 0.25) is 0 Å². The first-order valence-corrected chi connectivity index (χ1v) is 9.06. The summed E-state index contributed by atoms with van der Waals surface area (Å²) in [6.07, 6.45) is 2.59. The Hall–Kier alpha value is -2.24. The molecule has 0 aliphatic heterocycles. The molecule has 0 aliphatic rings. The highest BCUT2D eigenvalue weighted by molar-refractivity contribution is 7.80. The number of para-hydroxylation sites is 1. The number of allylic oxidation sites excluding steroid dienone is 1. The largest absolute Gasteiger partial charge is 0.490 e. The van der Waals surface area contributed by atoms with Crippen LogP contribution in [0.1, 0.15) is 18.1 Å². The summed E-state index contributed by atoms with van der Waals surface area (Å²) in [4.78, 5) is 0.251. The fourth-order valence-electron chi connectivity index (χ4n) is 2.38. The SMILES string of the molecule is C=CCc1ccccc1OCCOc1c(Cl)cc(C(N)=S)cc1OCC. The van der Waals surface area contributed by atoms with Crippen LogP contribution in [-0.4, -0.2) is 24.8 Å². The van der Waals surface area contributed by atoms with Gasteiger partial charge in [0, 0.05) is 5.56 Å². The molecule has 26 heavy (non-hydrogen) atoms. The molecular formula is C20H22ClNO3S. The Morgan fingerprint density at radius 1 is 1.15 bits per heavy atom. The zero-order valence-electron chi connectivity index (χ0n) is 14.7. The molecule has 2 rings (SSSR count). The number of hydrogen-bond acceptors (Lipinski definition) is 4. The zero-order chi connectivity index (χ0) is 18.9. The molecule has 0 bridgehead atoms. The lowest BCUT2D eigenvalue weighted by Crippen LogP contribution is -2.13. The van der Waals surface area contributed by atoms with E-state index in [9.17, 15) is 0 Å². The standard InChI is InChI=1S/C20H22ClNO3S/c1-3-7-14-8-5-6-9-17(14)24-10-11-25-19-16(21)12-15(20(22)26)13-18(19)23-4-2/h3,5-6,8-9,12-13H,1,4,7,10-11H2,2H3,(H2,22,26). The fourth-order valence-corrected chi connectivity index (χ4v) is 2.76. The van der Waals surface area contributed by atoms with E-state index in [4.69, 9.17) is 43.8 Å². The summed E-state index contributed by atoms with van der Waals surface area (Å²) in [7, 11) is 0. The molecule has 0 atom stereocenters. The topological polar surface area (TPSA) is 53.7 Å². The quantitative estimate of drug-likeness (QED) is 0.365. The summed E-state index contributed by atoms with van der Waals surface area (Å²) in [5, 5.41) is 0.394. The van der Waals surface area contributed by atoms with Gasteiger partial charge in [0.1, 0.15) is 24.0 Å². The zero-order valence-corrected chi connectivity index (χ0v) is 16.2. The van der Waals surface area contributed by atoms with Crippen LogP contribution < -0.4 is 19.9 Å². The third kappa shape index (κ3) is 5.38. The van der Waals surface area contributed by atoms with Gasteiger partial charge in [-0.05, 0) is 37.1 Å². The minimum Gasteiger partial charge on any atom is -0.490 e. The maximum absolute atomic E-state index is 6.30. The van der Waals surface area contributed by atoms with Gasteiger partial charge in [-0.25, -0.2) is 0 Å². The number of rotatable bonds is 10. The normalized spacial score (nSPS) is 10.2. The van der Waals surface area contributed by atoms with E-state index >= 15 is 0 Å². The molecule has 2 N–H and O–H groups in total. The predicted octanol–water partition coefficient (Wildman–Crippen LogP) is 4.56. The summed E-state index contributed by atoms with van der Waals surface area (Å²) in [5.74, 6) is 1.78. The minimum atomic E-state index is 0.251. The van der Waals surface area contributed by atoms with Crippen LogP contribution in [0.5, 0.6) is 17.2 Å². The van der Waals surface area contributed by atoms with Crippen LogP contribution >= 0.6 is 23.8 Å². The van der Waals surface area contributed by atoms with E-state index in [1.807, 2.05) is 37.3 Å². The van der Waals surface area contributed by atoms with Crippen molar-refractivity contribution >= 4 is 28.8 Å². The van der Waals surface area contributed by atoms with Gasteiger partial charge >= 0.3 is 0 Å². The lowest BCUT2D eigenvalue weighted by atomic mass is 10.1. The van der Waals surface area contributed by atoms with Crippen molar-refractivity contribution < 1.29 is 14.2 Å². The molecule has 0 aromatic heterocycles. The molecule has 2 aromatic rings. The van der Waals surface area contributed by atoms with Gasteiger partial charge < -0.3 is 19.9 Å². The summed E-state index contributed by atoms with van der Waals surface area (Å²) in [6.45, 7) is 6.80. The van der Waals surface area contributed by atoms with Crippen molar-refractivity contribution in [3.8, 4) is 17.2 Å². The smallest absolute Gasteiger partial charge is 0.179 e. The number of nitrogens with two attached hydrogens (primary N) is 1. The Labute approximate surface area is 164 Å². The maximum Gasteiger partial charge on any atom is 0.179 e. The fraction of sp³-hybridized carbons (Fsp3) is 0.250. The monoisotopic (exact) mass is 391 g/mol. The van der Waals surface area contributed by atoms with E-state index in [1.54, 1.807) is 12.1 Å². The van der Waals surface area contributed by atoms with Crippen LogP contribution in [0, 0.1) is 0 Å². The highest BCUT2D eigenvalue weighted by atomic mass is 35.5. The van der Waals surface area contributed by atoms with Gasteiger partial charge in [-0.2, -0.15) is 0 Å². The Morgan fingerprint density at radius 2 is 1.88 bits per heavy atom. The molecule has 0 amide bonds. The first kappa shape index (κ1) is 20.1. The molecular weight excluding hydrogens is 370 g/mol. The van der Waals surface area contributed by atoms with E-state index in [0.717, 1.165) is 17.7 Å². The van der Waals surface area contributed by atoms with Crippen LogP contribution in [-0.2, 0) is 6.42 Å². The van der Waals surface area contributed by atoms with E-state index in [0.29, 0.717) is 41.9 Å². The molecule has 0 aliphatic carbocycles. The van der Waals surface area contributed by atoms with Crippen LogP contribution in [0.15, 0.2) is 49.1 Å². The van der Waals surface area contributed by atoms with Crippen molar-refractivity contribution in [2.45, 2.75) is 13.3 Å². The van der Waals surface area contributed by atoms with Gasteiger partial charge in [0.05, 0.1) is 11.6 Å². The lowest BCUT2D eigenvalue weighted by Gasteiger charge is -2.16. The van der Waals surface area contributed by atoms with Crippen LogP contribution in [0.4, 0.5) is 0 Å². The molecule has 0 fully saturated rings. The van der Waals surface area contributed by atoms with Crippen molar-refractivity contribution in [3.63, 3.8) is 0 Å². The van der Waals surface area contributed by atoms with Crippen molar-refractivity contribution in [3.05, 3.63) is 65.2 Å². The highest BCUT2D eigenvalue weighted by Crippen LogP contribution is 2.36. The van der Waals surface area contributed by atoms with E-state index in [2.05, 4.69) is 6.58 Å². The second-order valence-corrected chi connectivity index (χ2v) is 6.23. The lowest BCUT2D eigenvalue weighted by molar-refractivity contribution is 0.207. The number of halogens is 1. The van der Waals surface area contributed by atoms with E-state index < -0.39 is 0 Å². The van der Waals surface area contributed by atoms with Gasteiger partial charge in [-0.1, -0.05) is 48.1 Å². The maximum atomic E-state index is 6.30. The summed E-state index contributed by atoms with van der Waals surface area (Å²) < 4.78 is 17.2. The van der Waals surface area contributed by atoms with Gasteiger partial charge in [-0.15, -0.1) is 6.58 Å². The number of ether oxygens (including phenoxy) is 3. The first-order chi connectivity index (χ1) is 12.6. The molecule has 138 valence electrons. The summed E-state index contributed by atoms with van der Waals surface area (Å²) in [6, 6.07) is 11.2. The summed E-state index contributed by atoms with van der Waals surface area (Å²) in [5.41, 5.74) is 7.39. The van der Waals surface area contributed by atoms with E-state index in [-0.39, 0.29) is 4.99 Å². The Bertz CT molecular complexity index is 780. The Morgan fingerprint density at radius 3 is 2.58 bits per heavy atom. The molecule has 2 aromatic carbocycles. The number of benzene rings is 2. The van der Waals surface area contributed by atoms with Crippen LogP contribution in [0.2, 0.25) is 5.02 Å². The highest BCUT2D eigenvalue weighted by Gasteiger charge is 2.14. The third-order valence-electron chi connectivity index (χ3n) is 3.52. The second kappa shape index (κ2) is 10.0. The molecule has 4 nitrogen and oxygen atoms in total. The Balaban J connectivity index is 2.03. The van der Waals surface area contributed by atoms with Gasteiger partial charge in [-0.3, -0.25) is 0 Å². The van der Waals surface area contributed by atoms with E-state index in [1.165, 1.54) is 0 Å². The number of thiocarbonyl (C=S) groups is 1. The van der Waals surface area contributed by atoms with Gasteiger partial charge in [0.25, 0.3) is 0 Å². The Kier molecular flexibility index (Phi) is 7.75.